The Kier molecular flexibility index (Phi) is 1.20. The first-order valence-electron chi connectivity index (χ1n) is 2.36. The number of ether oxygens (including phenoxy) is 1. The van der Waals surface area contributed by atoms with Gasteiger partial charge < -0.3 is 9.84 Å². The number of hydrogen-bond donors (Lipinski definition) is 1. The van der Waals surface area contributed by atoms with Gasteiger partial charge in [0.2, 0.25) is 0 Å². The monoisotopic (exact) mass is 115 g/mol. The Labute approximate surface area is 46.6 Å². The highest BCUT2D eigenvalue weighted by atomic mass is 16.5. The Bertz CT molecular complexity index is 137. The summed E-state index contributed by atoms with van der Waals surface area (Å²) in [5.74, 6) is -0.146. The first-order chi connectivity index (χ1) is 3.80. The average molecular weight is 115 g/mol. The fourth-order valence-electron chi connectivity index (χ4n) is 0.490. The van der Waals surface area contributed by atoms with E-state index in [1.54, 1.807) is 0 Å². The molecule has 0 aromatic rings. The smallest absolute Gasteiger partial charge is 0.364 e. The third-order valence-corrected chi connectivity index (χ3v) is 0.947. The van der Waals surface area contributed by atoms with Crippen LogP contribution in [0.4, 0.5) is 0 Å². The molecule has 1 aliphatic rings. The minimum absolute atomic E-state index is 0.0104. The van der Waals surface area contributed by atoms with Crippen LogP contribution in [0.1, 0.15) is 6.42 Å². The summed E-state index contributed by atoms with van der Waals surface area (Å²) in [5.41, 5.74) is 0. The average Bonchev–Trinajstić information content (AvgIpc) is 1.77. The number of ketones is 1. The lowest BCUT2D eigenvalue weighted by Gasteiger charge is -2.01. The topological polar surface area (TPSA) is 50.9 Å². The summed E-state index contributed by atoms with van der Waals surface area (Å²) in [5, 5.41) is 8.63. The molecule has 0 bridgehead atoms. The van der Waals surface area contributed by atoms with E-state index < -0.39 is 0 Å². The molecule has 1 rings (SSSR count). The van der Waals surface area contributed by atoms with Gasteiger partial charge in [0.25, 0.3) is 5.76 Å². The van der Waals surface area contributed by atoms with Crippen LogP contribution in [0.5, 0.6) is 0 Å². The summed E-state index contributed by atoms with van der Waals surface area (Å²) < 4.78 is 4.66. The fourth-order valence-corrected chi connectivity index (χ4v) is 0.490. The third-order valence-electron chi connectivity index (χ3n) is 0.947. The van der Waals surface area contributed by atoms with E-state index in [1.807, 2.05) is 0 Å². The van der Waals surface area contributed by atoms with Gasteiger partial charge >= 0.3 is 5.78 Å². The SMILES string of the molecule is OC1=COCCC1=[OH+]. The van der Waals surface area contributed by atoms with Crippen LogP contribution in [-0.4, -0.2) is 22.3 Å². The minimum atomic E-state index is -0.156. The van der Waals surface area contributed by atoms with Crippen molar-refractivity contribution < 1.29 is 14.6 Å². The van der Waals surface area contributed by atoms with Crippen LogP contribution in [-0.2, 0) is 4.74 Å². The summed E-state index contributed by atoms with van der Waals surface area (Å²) in [6, 6.07) is 0. The molecule has 0 unspecified atom stereocenters. The van der Waals surface area contributed by atoms with Crippen molar-refractivity contribution in [2.75, 3.05) is 6.61 Å². The van der Waals surface area contributed by atoms with Crippen molar-refractivity contribution in [3.63, 3.8) is 0 Å². The zero-order valence-corrected chi connectivity index (χ0v) is 4.29. The van der Waals surface area contributed by atoms with Crippen LogP contribution < -0.4 is 0 Å². The van der Waals surface area contributed by atoms with Crippen molar-refractivity contribution in [1.82, 2.24) is 0 Å². The van der Waals surface area contributed by atoms with E-state index in [-0.39, 0.29) is 11.5 Å². The molecule has 0 radical (unpaired) electrons. The molecule has 0 saturated carbocycles. The van der Waals surface area contributed by atoms with Crippen LogP contribution in [0.25, 0.3) is 0 Å². The molecule has 0 fully saturated rings. The Morgan fingerprint density at radius 1 is 1.75 bits per heavy atom. The summed E-state index contributed by atoms with van der Waals surface area (Å²) in [4.78, 5) is 8.70. The highest BCUT2D eigenvalue weighted by Crippen LogP contribution is 2.02. The Balaban J connectivity index is 2.67. The zero-order valence-electron chi connectivity index (χ0n) is 4.29. The molecule has 0 saturated heterocycles. The highest BCUT2D eigenvalue weighted by Gasteiger charge is 2.18. The lowest BCUT2D eigenvalue weighted by Crippen LogP contribution is -2.11. The van der Waals surface area contributed by atoms with E-state index in [0.29, 0.717) is 13.0 Å². The van der Waals surface area contributed by atoms with Crippen molar-refractivity contribution in [2.24, 2.45) is 0 Å². The number of hydrogen-bond acceptors (Lipinski definition) is 2. The van der Waals surface area contributed by atoms with E-state index in [0.717, 1.165) is 6.26 Å². The molecular weight excluding hydrogens is 108 g/mol. The molecule has 1 heterocycles. The minimum Gasteiger partial charge on any atom is -0.498 e. The molecule has 8 heavy (non-hydrogen) atoms. The van der Waals surface area contributed by atoms with Crippen molar-refractivity contribution in [3.8, 4) is 0 Å². The number of aliphatic hydroxyl groups is 1. The van der Waals surface area contributed by atoms with Crippen molar-refractivity contribution >= 4 is 5.78 Å². The van der Waals surface area contributed by atoms with Gasteiger partial charge in [-0.1, -0.05) is 0 Å². The largest absolute Gasteiger partial charge is 0.498 e. The number of aliphatic hydroxyl groups excluding tert-OH is 1. The maximum absolute atomic E-state index is 8.70. The van der Waals surface area contributed by atoms with Crippen molar-refractivity contribution in [2.45, 2.75) is 6.42 Å². The predicted molar refractivity (Wildman–Crippen MR) is 28.2 cm³/mol. The number of rotatable bonds is 0. The molecule has 3 nitrogen and oxygen atoms in total. The molecule has 0 aromatic heterocycles. The maximum atomic E-state index is 8.70. The van der Waals surface area contributed by atoms with Crippen LogP contribution in [0.15, 0.2) is 12.0 Å². The van der Waals surface area contributed by atoms with E-state index in [1.165, 1.54) is 0 Å². The van der Waals surface area contributed by atoms with Gasteiger partial charge in [-0.15, -0.1) is 0 Å². The first-order valence-corrected chi connectivity index (χ1v) is 2.36. The molecule has 2 N–H and O–H groups in total. The molecule has 0 amide bonds. The van der Waals surface area contributed by atoms with Crippen molar-refractivity contribution in [3.05, 3.63) is 12.0 Å². The lowest BCUT2D eigenvalue weighted by molar-refractivity contribution is 0.225. The van der Waals surface area contributed by atoms with Gasteiger partial charge in [0.1, 0.15) is 19.3 Å². The summed E-state index contributed by atoms with van der Waals surface area (Å²) in [6.45, 7) is 0.454. The summed E-state index contributed by atoms with van der Waals surface area (Å²) in [7, 11) is 0. The quantitative estimate of drug-likeness (QED) is 0.463. The summed E-state index contributed by atoms with van der Waals surface area (Å²) >= 11 is 0. The second kappa shape index (κ2) is 1.86. The molecule has 1 aliphatic heterocycles. The molecule has 3 heteroatoms. The van der Waals surface area contributed by atoms with E-state index in [2.05, 4.69) is 4.74 Å². The number of carbonyl (C=O) groups excluding carboxylic acids is 1. The van der Waals surface area contributed by atoms with E-state index in [4.69, 9.17) is 9.90 Å². The third kappa shape index (κ3) is 0.804. The van der Waals surface area contributed by atoms with E-state index >= 15 is 0 Å². The second-order valence-electron chi connectivity index (χ2n) is 1.57. The van der Waals surface area contributed by atoms with Crippen LogP contribution in [0.2, 0.25) is 0 Å². The molecular formula is C5H7O3+. The highest BCUT2D eigenvalue weighted by molar-refractivity contribution is 5.94. The zero-order chi connectivity index (χ0) is 5.98. The van der Waals surface area contributed by atoms with Gasteiger partial charge in [-0.3, -0.25) is 4.79 Å². The van der Waals surface area contributed by atoms with Gasteiger partial charge in [-0.05, 0) is 0 Å². The lowest BCUT2D eigenvalue weighted by atomic mass is 10.2. The Hall–Kier alpha value is -0.990. The van der Waals surface area contributed by atoms with Crippen LogP contribution in [0.3, 0.4) is 0 Å². The maximum Gasteiger partial charge on any atom is 0.364 e. The first kappa shape index (κ1) is 5.15. The van der Waals surface area contributed by atoms with Crippen LogP contribution >= 0.6 is 0 Å². The standard InChI is InChI=1S/C5H6O3/c6-4-1-2-8-3-5(4)7/h3,7H,1-2H2/p+1. The number of allylic oxidation sites excluding steroid dienone is 1. The normalized spacial score (nSPS) is 19.5. The van der Waals surface area contributed by atoms with Gasteiger partial charge in [0, 0.05) is 0 Å². The predicted octanol–water partition coefficient (Wildman–Crippen LogP) is 0.351. The molecule has 44 valence electrons. The van der Waals surface area contributed by atoms with Gasteiger partial charge in [0.15, 0.2) is 0 Å². The van der Waals surface area contributed by atoms with Gasteiger partial charge in [0.05, 0.1) is 0 Å². The molecule has 0 aromatic carbocycles. The van der Waals surface area contributed by atoms with Crippen molar-refractivity contribution in [1.29, 1.82) is 0 Å². The van der Waals surface area contributed by atoms with Crippen LogP contribution in [0, 0.1) is 0 Å². The molecule has 0 atom stereocenters. The Morgan fingerprint density at radius 3 is 2.88 bits per heavy atom. The second-order valence-corrected chi connectivity index (χ2v) is 1.57. The molecule has 0 aliphatic carbocycles. The van der Waals surface area contributed by atoms with E-state index in [9.17, 15) is 0 Å². The van der Waals surface area contributed by atoms with Gasteiger partial charge in [-0.25, -0.2) is 0 Å². The Morgan fingerprint density at radius 2 is 2.50 bits per heavy atom. The van der Waals surface area contributed by atoms with Gasteiger partial charge in [-0.2, -0.15) is 0 Å². The summed E-state index contributed by atoms with van der Waals surface area (Å²) in [6.07, 6.45) is 1.54. The fraction of sp³-hybridized carbons (Fsp3) is 0.400. The molecule has 0 spiro atoms.